The van der Waals surface area contributed by atoms with Gasteiger partial charge in [0.1, 0.15) is 5.75 Å². The second-order valence-corrected chi connectivity index (χ2v) is 7.09. The molecule has 26 heavy (non-hydrogen) atoms. The Labute approximate surface area is 162 Å². The summed E-state index contributed by atoms with van der Waals surface area (Å²) in [4.78, 5) is 25.8. The van der Waals surface area contributed by atoms with Crippen LogP contribution in [-0.4, -0.2) is 36.8 Å². The summed E-state index contributed by atoms with van der Waals surface area (Å²) in [5.74, 6) is 0.670. The van der Waals surface area contributed by atoms with Gasteiger partial charge in [-0.15, -0.1) is 0 Å². The van der Waals surface area contributed by atoms with Crippen molar-refractivity contribution < 1.29 is 14.3 Å². The van der Waals surface area contributed by atoms with Gasteiger partial charge in [-0.25, -0.2) is 0 Å². The normalized spacial score (nSPS) is 11.9. The van der Waals surface area contributed by atoms with Crippen LogP contribution in [-0.2, 0) is 11.3 Å². The number of amides is 1. The molecular formula is C20H23BrN2O3. The average molecular weight is 419 g/mol. The Morgan fingerprint density at radius 2 is 1.85 bits per heavy atom. The van der Waals surface area contributed by atoms with Crippen LogP contribution in [0.25, 0.3) is 0 Å². The maximum absolute atomic E-state index is 12.5. The molecule has 138 valence electrons. The number of nitrogens with one attached hydrogen (secondary N) is 1. The number of benzene rings is 2. The molecule has 2 aromatic carbocycles. The molecule has 0 fully saturated rings. The minimum absolute atomic E-state index is 0.000975. The first-order chi connectivity index (χ1) is 12.3. The van der Waals surface area contributed by atoms with Crippen molar-refractivity contribution in [1.29, 1.82) is 0 Å². The smallest absolute Gasteiger partial charge is 0.241 e. The van der Waals surface area contributed by atoms with Gasteiger partial charge in [0, 0.05) is 27.8 Å². The number of nitrogens with zero attached hydrogens (tertiary/aromatic N) is 1. The maximum Gasteiger partial charge on any atom is 0.241 e. The van der Waals surface area contributed by atoms with Gasteiger partial charge in [-0.2, -0.15) is 0 Å². The number of hydrogen-bond acceptors (Lipinski definition) is 4. The summed E-state index contributed by atoms with van der Waals surface area (Å²) in [6.07, 6.45) is 0. The minimum atomic E-state index is -0.342. The summed E-state index contributed by atoms with van der Waals surface area (Å²) in [6, 6.07) is 12.3. The molecule has 1 atom stereocenters. The first-order valence-electron chi connectivity index (χ1n) is 8.26. The van der Waals surface area contributed by atoms with Crippen LogP contribution >= 0.6 is 15.9 Å². The van der Waals surface area contributed by atoms with E-state index in [4.69, 9.17) is 4.74 Å². The van der Waals surface area contributed by atoms with Gasteiger partial charge >= 0.3 is 0 Å². The lowest BCUT2D eigenvalue weighted by Gasteiger charge is -2.25. The molecule has 0 saturated carbocycles. The standard InChI is InChI=1S/C20H23BrN2O3/c1-13(20(25)22-18-8-5-15(6-9-18)14(2)24)23(3)12-16-11-17(21)7-10-19(16)26-4/h5-11,13H,12H2,1-4H3,(H,22,25)/t13-/m0/s1. The van der Waals surface area contributed by atoms with Crippen molar-refractivity contribution in [1.82, 2.24) is 4.90 Å². The third-order valence-electron chi connectivity index (χ3n) is 4.26. The molecule has 0 radical (unpaired) electrons. The van der Waals surface area contributed by atoms with E-state index in [0.717, 1.165) is 15.8 Å². The lowest BCUT2D eigenvalue weighted by atomic mass is 10.1. The quantitative estimate of drug-likeness (QED) is 0.686. The van der Waals surface area contributed by atoms with E-state index in [1.165, 1.54) is 6.92 Å². The fourth-order valence-electron chi connectivity index (χ4n) is 2.51. The number of ether oxygens (including phenoxy) is 1. The highest BCUT2D eigenvalue weighted by molar-refractivity contribution is 9.10. The van der Waals surface area contributed by atoms with Crippen LogP contribution in [0.5, 0.6) is 5.75 Å². The number of likely N-dealkylation sites (N-methyl/N-ethyl adjacent to an activating group) is 1. The Bertz CT molecular complexity index is 790. The van der Waals surface area contributed by atoms with Crippen LogP contribution in [0.1, 0.15) is 29.8 Å². The van der Waals surface area contributed by atoms with E-state index in [1.807, 2.05) is 37.1 Å². The number of ketones is 1. The highest BCUT2D eigenvalue weighted by Crippen LogP contribution is 2.24. The number of Topliss-reactive ketones (excluding diaryl/α,β-unsaturated/α-hetero) is 1. The first kappa shape index (κ1) is 20.1. The lowest BCUT2D eigenvalue weighted by Crippen LogP contribution is -2.39. The van der Waals surface area contributed by atoms with E-state index in [9.17, 15) is 9.59 Å². The third kappa shape index (κ3) is 5.16. The Morgan fingerprint density at radius 1 is 1.19 bits per heavy atom. The Kier molecular flexibility index (Phi) is 6.94. The predicted molar refractivity (Wildman–Crippen MR) is 107 cm³/mol. The fourth-order valence-corrected chi connectivity index (χ4v) is 2.92. The summed E-state index contributed by atoms with van der Waals surface area (Å²) in [5.41, 5.74) is 2.28. The number of rotatable bonds is 7. The number of halogens is 1. The van der Waals surface area contributed by atoms with E-state index in [-0.39, 0.29) is 17.7 Å². The van der Waals surface area contributed by atoms with Crippen molar-refractivity contribution >= 4 is 33.3 Å². The first-order valence-corrected chi connectivity index (χ1v) is 9.05. The molecule has 2 rings (SSSR count). The van der Waals surface area contributed by atoms with Gasteiger partial charge in [0.2, 0.25) is 5.91 Å². The van der Waals surface area contributed by atoms with Crippen LogP contribution in [0.15, 0.2) is 46.9 Å². The zero-order valence-corrected chi connectivity index (χ0v) is 17.0. The zero-order valence-electron chi connectivity index (χ0n) is 15.4. The largest absolute Gasteiger partial charge is 0.496 e. The lowest BCUT2D eigenvalue weighted by molar-refractivity contribution is -0.120. The summed E-state index contributed by atoms with van der Waals surface area (Å²) in [5, 5.41) is 2.88. The highest BCUT2D eigenvalue weighted by Gasteiger charge is 2.19. The van der Waals surface area contributed by atoms with Gasteiger partial charge in [0.25, 0.3) is 0 Å². The minimum Gasteiger partial charge on any atom is -0.496 e. The molecule has 6 heteroatoms. The zero-order chi connectivity index (χ0) is 19.3. The number of carbonyl (C=O) groups is 2. The van der Waals surface area contributed by atoms with Crippen molar-refractivity contribution in [3.05, 3.63) is 58.1 Å². The van der Waals surface area contributed by atoms with Crippen molar-refractivity contribution in [2.75, 3.05) is 19.5 Å². The Hall–Kier alpha value is -2.18. The molecule has 0 aromatic heterocycles. The number of methoxy groups -OCH3 is 1. The molecule has 0 aliphatic rings. The van der Waals surface area contributed by atoms with Gasteiger partial charge in [0.15, 0.2) is 5.78 Å². The third-order valence-corrected chi connectivity index (χ3v) is 4.76. The van der Waals surface area contributed by atoms with E-state index < -0.39 is 0 Å². The molecule has 0 saturated heterocycles. The fraction of sp³-hybridized carbons (Fsp3) is 0.300. The monoisotopic (exact) mass is 418 g/mol. The molecule has 2 aromatic rings. The second-order valence-electron chi connectivity index (χ2n) is 6.17. The number of carbonyl (C=O) groups excluding carboxylic acids is 2. The van der Waals surface area contributed by atoms with Gasteiger partial charge in [-0.05, 0) is 63.4 Å². The van der Waals surface area contributed by atoms with Crippen molar-refractivity contribution in [2.24, 2.45) is 0 Å². The average Bonchev–Trinajstić information content (AvgIpc) is 2.61. The van der Waals surface area contributed by atoms with Crippen molar-refractivity contribution in [3.63, 3.8) is 0 Å². The van der Waals surface area contributed by atoms with E-state index in [0.29, 0.717) is 17.8 Å². The Morgan fingerprint density at radius 3 is 2.42 bits per heavy atom. The number of anilines is 1. The van der Waals surface area contributed by atoms with E-state index >= 15 is 0 Å². The van der Waals surface area contributed by atoms with E-state index in [2.05, 4.69) is 21.2 Å². The number of hydrogen-bond donors (Lipinski definition) is 1. The molecule has 1 N–H and O–H groups in total. The van der Waals surface area contributed by atoms with Crippen LogP contribution in [0.4, 0.5) is 5.69 Å². The van der Waals surface area contributed by atoms with Gasteiger partial charge in [-0.1, -0.05) is 15.9 Å². The van der Waals surface area contributed by atoms with Gasteiger partial charge in [-0.3, -0.25) is 14.5 Å². The van der Waals surface area contributed by atoms with Crippen LogP contribution in [0.2, 0.25) is 0 Å². The SMILES string of the molecule is COc1ccc(Br)cc1CN(C)[C@@H](C)C(=O)Nc1ccc(C(C)=O)cc1. The molecule has 0 bridgehead atoms. The summed E-state index contributed by atoms with van der Waals surface area (Å²) < 4.78 is 6.35. The summed E-state index contributed by atoms with van der Waals surface area (Å²) in [6.45, 7) is 3.94. The predicted octanol–water partition coefficient (Wildman–Crippen LogP) is 4.12. The molecule has 1 amide bonds. The molecule has 0 unspecified atom stereocenters. The van der Waals surface area contributed by atoms with E-state index in [1.54, 1.807) is 31.4 Å². The molecule has 5 nitrogen and oxygen atoms in total. The van der Waals surface area contributed by atoms with Crippen molar-refractivity contribution in [3.8, 4) is 5.75 Å². The van der Waals surface area contributed by atoms with Gasteiger partial charge < -0.3 is 10.1 Å². The maximum atomic E-state index is 12.5. The molecule has 0 aliphatic carbocycles. The molecule has 0 spiro atoms. The van der Waals surface area contributed by atoms with Crippen LogP contribution in [0, 0.1) is 0 Å². The second kappa shape index (κ2) is 8.96. The van der Waals surface area contributed by atoms with Crippen molar-refractivity contribution in [2.45, 2.75) is 26.4 Å². The topological polar surface area (TPSA) is 58.6 Å². The Balaban J connectivity index is 2.03. The highest BCUT2D eigenvalue weighted by atomic mass is 79.9. The van der Waals surface area contributed by atoms with Gasteiger partial charge in [0.05, 0.1) is 13.2 Å². The summed E-state index contributed by atoms with van der Waals surface area (Å²) >= 11 is 3.46. The summed E-state index contributed by atoms with van der Waals surface area (Å²) in [7, 11) is 3.52. The molecule has 0 aliphatic heterocycles. The van der Waals surface area contributed by atoms with Crippen LogP contribution < -0.4 is 10.1 Å². The molecular weight excluding hydrogens is 396 g/mol. The molecule has 0 heterocycles. The van der Waals surface area contributed by atoms with Crippen LogP contribution in [0.3, 0.4) is 0 Å².